The lowest BCUT2D eigenvalue weighted by Gasteiger charge is -2.47. The summed E-state index contributed by atoms with van der Waals surface area (Å²) >= 11 is 0. The molecule has 2 saturated heterocycles. The van der Waals surface area contributed by atoms with Crippen LogP contribution in [0.25, 0.3) is 10.9 Å². The van der Waals surface area contributed by atoms with E-state index in [9.17, 15) is 4.79 Å². The van der Waals surface area contributed by atoms with E-state index < -0.39 is 10.4 Å². The maximum absolute atomic E-state index is 12.7. The second-order valence-electron chi connectivity index (χ2n) is 7.48. The number of aromatic nitrogens is 2. The highest BCUT2D eigenvalue weighted by molar-refractivity contribution is 7.79. The molecule has 0 saturated carbocycles. The number of nitrogens with one attached hydrogen (secondary N) is 1. The topological polar surface area (TPSA) is 125 Å². The zero-order valence-electron chi connectivity index (χ0n) is 15.9. The summed E-state index contributed by atoms with van der Waals surface area (Å²) < 4.78 is 33.4. The van der Waals surface area contributed by atoms with Crippen molar-refractivity contribution in [3.8, 4) is 0 Å². The molecule has 0 spiro atoms. The van der Waals surface area contributed by atoms with Crippen molar-refractivity contribution in [3.63, 3.8) is 0 Å². The number of fused-ring (bicyclic) bond motifs is 3. The number of para-hydroxylation sites is 1. The van der Waals surface area contributed by atoms with Crippen molar-refractivity contribution in [2.24, 2.45) is 7.05 Å². The molecule has 1 amide bonds. The molecule has 9 nitrogen and oxygen atoms in total. The van der Waals surface area contributed by atoms with E-state index in [-0.39, 0.29) is 11.9 Å². The summed E-state index contributed by atoms with van der Waals surface area (Å²) in [6.07, 6.45) is 5.95. The Morgan fingerprint density at radius 2 is 1.71 bits per heavy atom. The molecule has 0 aliphatic carbocycles. The number of benzene rings is 1. The van der Waals surface area contributed by atoms with Crippen LogP contribution in [0.5, 0.6) is 0 Å². The number of rotatable bonds is 2. The van der Waals surface area contributed by atoms with Gasteiger partial charge in [0.2, 0.25) is 0 Å². The first-order chi connectivity index (χ1) is 13.1. The van der Waals surface area contributed by atoms with Gasteiger partial charge in [0.05, 0.1) is 5.52 Å². The van der Waals surface area contributed by atoms with Gasteiger partial charge >= 0.3 is 10.4 Å². The standard InChI is InChI=1S/C18H24N4O.H2O4S/c1-21-13-6-5-7-14(21)11-12(10-13)19-18(23)17-15-8-3-4-9-16(15)22(2)20-17;1-5(2,3)4/h3-4,8-9,12-14H,5-7,10-11H2,1-2H3,(H,19,23);(H2,1,2,3,4)/t13-,14-;/m0./s1. The van der Waals surface area contributed by atoms with Crippen LogP contribution in [0.2, 0.25) is 0 Å². The van der Waals surface area contributed by atoms with Crippen molar-refractivity contribution < 1.29 is 22.3 Å². The zero-order valence-corrected chi connectivity index (χ0v) is 16.8. The number of carbonyl (C=O) groups excluding carboxylic acids is 1. The molecule has 2 aliphatic heterocycles. The number of nitrogens with zero attached hydrogens (tertiary/aromatic N) is 3. The Bertz CT molecular complexity index is 936. The van der Waals surface area contributed by atoms with Crippen molar-refractivity contribution in [1.29, 1.82) is 0 Å². The van der Waals surface area contributed by atoms with E-state index in [4.69, 9.17) is 17.5 Å². The Morgan fingerprint density at radius 3 is 2.32 bits per heavy atom. The van der Waals surface area contributed by atoms with Gasteiger partial charge in [-0.3, -0.25) is 18.6 Å². The number of hydrogen-bond acceptors (Lipinski definition) is 5. The third-order valence-corrected chi connectivity index (χ3v) is 5.65. The van der Waals surface area contributed by atoms with Gasteiger partial charge in [-0.15, -0.1) is 0 Å². The molecular formula is C18H26N4O5S. The van der Waals surface area contributed by atoms with Crippen molar-refractivity contribution in [2.45, 2.75) is 50.2 Å². The summed E-state index contributed by atoms with van der Waals surface area (Å²) in [5.74, 6) is -0.0329. The lowest BCUT2D eigenvalue weighted by molar-refractivity contribution is 0.0462. The van der Waals surface area contributed by atoms with Gasteiger partial charge in [-0.2, -0.15) is 13.5 Å². The van der Waals surface area contributed by atoms with Crippen molar-refractivity contribution in [1.82, 2.24) is 20.0 Å². The molecule has 3 heterocycles. The molecule has 1 aromatic heterocycles. The van der Waals surface area contributed by atoms with E-state index >= 15 is 0 Å². The Hall–Kier alpha value is -2.01. The second kappa shape index (κ2) is 8.16. The molecule has 154 valence electrons. The third kappa shape index (κ3) is 4.88. The molecule has 0 unspecified atom stereocenters. The SMILES string of the molecule is CN1[C@H]2CCC[C@H]1CC(NC(=O)c1nn(C)c3ccccc13)C2.O=S(=O)(O)O. The summed E-state index contributed by atoms with van der Waals surface area (Å²) in [5, 5.41) is 8.62. The smallest absolute Gasteiger partial charge is 0.348 e. The molecule has 3 N–H and O–H groups in total. The maximum Gasteiger partial charge on any atom is 0.394 e. The highest BCUT2D eigenvalue weighted by Gasteiger charge is 2.36. The fourth-order valence-electron chi connectivity index (χ4n) is 4.37. The molecule has 0 radical (unpaired) electrons. The molecule has 10 heteroatoms. The lowest BCUT2D eigenvalue weighted by Crippen LogP contribution is -2.55. The summed E-state index contributed by atoms with van der Waals surface area (Å²) in [6, 6.07) is 9.42. The minimum absolute atomic E-state index is 0.0329. The average Bonchev–Trinajstić information content (AvgIpc) is 2.92. The molecule has 2 atom stereocenters. The summed E-state index contributed by atoms with van der Waals surface area (Å²) in [5.41, 5.74) is 1.55. The van der Waals surface area contributed by atoms with Crippen LogP contribution in [0, 0.1) is 0 Å². The summed E-state index contributed by atoms with van der Waals surface area (Å²) in [4.78, 5) is 15.3. The molecular weight excluding hydrogens is 384 g/mol. The van der Waals surface area contributed by atoms with Crippen molar-refractivity contribution in [3.05, 3.63) is 30.0 Å². The van der Waals surface area contributed by atoms with Crippen LogP contribution in [0.15, 0.2) is 24.3 Å². The van der Waals surface area contributed by atoms with E-state index in [1.165, 1.54) is 19.3 Å². The predicted molar refractivity (Wildman–Crippen MR) is 105 cm³/mol. The van der Waals surface area contributed by atoms with Gasteiger partial charge in [0.15, 0.2) is 5.69 Å². The molecule has 28 heavy (non-hydrogen) atoms. The van der Waals surface area contributed by atoms with Crippen LogP contribution in [0.3, 0.4) is 0 Å². The Balaban J connectivity index is 0.000000403. The van der Waals surface area contributed by atoms with Crippen LogP contribution in [0.1, 0.15) is 42.6 Å². The number of amides is 1. The number of carbonyl (C=O) groups is 1. The first-order valence-corrected chi connectivity index (χ1v) is 10.7. The Kier molecular flexibility index (Phi) is 6.04. The van der Waals surface area contributed by atoms with E-state index in [1.54, 1.807) is 4.68 Å². The summed E-state index contributed by atoms with van der Waals surface area (Å²) in [6.45, 7) is 0. The van der Waals surface area contributed by atoms with Gasteiger partial charge in [0.25, 0.3) is 5.91 Å². The van der Waals surface area contributed by atoms with Gasteiger partial charge in [-0.25, -0.2) is 0 Å². The molecule has 2 aromatic rings. The zero-order chi connectivity index (χ0) is 20.5. The molecule has 1 aromatic carbocycles. The van der Waals surface area contributed by atoms with Gasteiger partial charge in [0, 0.05) is 30.6 Å². The number of aryl methyl sites for hydroxylation is 1. The van der Waals surface area contributed by atoms with E-state index in [1.807, 2.05) is 31.3 Å². The first-order valence-electron chi connectivity index (χ1n) is 9.28. The quantitative estimate of drug-likeness (QED) is 0.643. The normalized spacial score (nSPS) is 25.1. The second-order valence-corrected chi connectivity index (χ2v) is 8.38. The van der Waals surface area contributed by atoms with Gasteiger partial charge in [-0.05, 0) is 38.8 Å². The molecule has 2 bridgehead atoms. The number of hydrogen-bond donors (Lipinski definition) is 3. The van der Waals surface area contributed by atoms with Crippen LogP contribution in [-0.4, -0.2) is 63.3 Å². The monoisotopic (exact) mass is 410 g/mol. The maximum atomic E-state index is 12.7. The van der Waals surface area contributed by atoms with E-state index in [2.05, 4.69) is 22.4 Å². The van der Waals surface area contributed by atoms with E-state index in [0.29, 0.717) is 17.8 Å². The first kappa shape index (κ1) is 20.7. The lowest BCUT2D eigenvalue weighted by atomic mass is 9.82. The Labute approximate surface area is 164 Å². The minimum atomic E-state index is -4.67. The van der Waals surface area contributed by atoms with Crippen LogP contribution in [-0.2, 0) is 17.4 Å². The van der Waals surface area contributed by atoms with Crippen molar-refractivity contribution >= 4 is 27.2 Å². The van der Waals surface area contributed by atoms with Crippen molar-refractivity contribution in [2.75, 3.05) is 7.05 Å². The fraction of sp³-hybridized carbons (Fsp3) is 0.556. The van der Waals surface area contributed by atoms with Crippen LogP contribution < -0.4 is 5.32 Å². The Morgan fingerprint density at radius 1 is 1.14 bits per heavy atom. The van der Waals surface area contributed by atoms with Gasteiger partial charge in [-0.1, -0.05) is 24.6 Å². The van der Waals surface area contributed by atoms with E-state index in [0.717, 1.165) is 23.7 Å². The van der Waals surface area contributed by atoms with Gasteiger partial charge < -0.3 is 10.2 Å². The highest BCUT2D eigenvalue weighted by atomic mass is 32.3. The molecule has 2 fully saturated rings. The fourth-order valence-corrected chi connectivity index (χ4v) is 4.37. The number of piperidine rings is 2. The van der Waals surface area contributed by atoms with Crippen LogP contribution in [0.4, 0.5) is 0 Å². The molecule has 4 rings (SSSR count). The third-order valence-electron chi connectivity index (χ3n) is 5.65. The van der Waals surface area contributed by atoms with Gasteiger partial charge in [0.1, 0.15) is 0 Å². The largest absolute Gasteiger partial charge is 0.394 e. The predicted octanol–water partition coefficient (Wildman–Crippen LogP) is 1.67. The minimum Gasteiger partial charge on any atom is -0.348 e. The van der Waals surface area contributed by atoms with Crippen LogP contribution >= 0.6 is 0 Å². The highest BCUT2D eigenvalue weighted by Crippen LogP contribution is 2.32. The average molecular weight is 410 g/mol. The molecule has 2 aliphatic rings. The summed E-state index contributed by atoms with van der Waals surface area (Å²) in [7, 11) is -0.544.